The molecule has 0 aliphatic rings. The number of hydrogen-bond acceptors (Lipinski definition) is 5. The van der Waals surface area contributed by atoms with Gasteiger partial charge in [0.15, 0.2) is 0 Å². The summed E-state index contributed by atoms with van der Waals surface area (Å²) in [7, 11) is 0. The van der Waals surface area contributed by atoms with Crippen molar-refractivity contribution in [1.29, 1.82) is 0 Å². The van der Waals surface area contributed by atoms with Crippen LogP contribution in [0.15, 0.2) is 54.9 Å². The summed E-state index contributed by atoms with van der Waals surface area (Å²) in [6, 6.07) is 12.8. The lowest BCUT2D eigenvalue weighted by molar-refractivity contribution is 0.100. The van der Waals surface area contributed by atoms with E-state index in [4.69, 9.17) is 11.5 Å². The molecular weight excluding hydrogens is 362 g/mol. The van der Waals surface area contributed by atoms with Crippen LogP contribution < -0.4 is 22.1 Å². The van der Waals surface area contributed by atoms with Gasteiger partial charge in [0.1, 0.15) is 5.00 Å². The van der Waals surface area contributed by atoms with Crippen LogP contribution in [-0.2, 0) is 13.1 Å². The molecule has 0 atom stereocenters. The van der Waals surface area contributed by atoms with Crippen LogP contribution in [0, 0.1) is 0 Å². The molecule has 1 aromatic carbocycles. The van der Waals surface area contributed by atoms with Crippen molar-refractivity contribution in [2.45, 2.75) is 13.1 Å². The Labute approximate surface area is 160 Å². The highest BCUT2D eigenvalue weighted by Crippen LogP contribution is 2.35. The molecule has 27 heavy (non-hydrogen) atoms. The monoisotopic (exact) mass is 381 g/mol. The number of thiophene rings is 1. The first kappa shape index (κ1) is 18.6. The summed E-state index contributed by atoms with van der Waals surface area (Å²) in [5, 5.41) is 6.16. The second-order valence-electron chi connectivity index (χ2n) is 5.87. The standard InChI is InChI=1S/C19H19N5O2S/c20-17(25)15-8-16(27-18(15)24-19(21)26)14-5-3-12(4-6-14)9-23-11-13-2-1-7-22-10-13/h1-8,10,23H,9,11H2,(H2,20,25)(H3,21,24,26). The molecule has 0 saturated heterocycles. The zero-order valence-corrected chi connectivity index (χ0v) is 15.3. The lowest BCUT2D eigenvalue weighted by atomic mass is 10.1. The van der Waals surface area contributed by atoms with Crippen LogP contribution >= 0.6 is 11.3 Å². The number of anilines is 1. The van der Waals surface area contributed by atoms with Crippen LogP contribution in [0.4, 0.5) is 9.80 Å². The van der Waals surface area contributed by atoms with Crippen molar-refractivity contribution >= 4 is 28.3 Å². The van der Waals surface area contributed by atoms with Gasteiger partial charge in [-0.2, -0.15) is 0 Å². The number of hydrogen-bond donors (Lipinski definition) is 4. The number of carbonyl (C=O) groups is 2. The predicted molar refractivity (Wildman–Crippen MR) is 106 cm³/mol. The summed E-state index contributed by atoms with van der Waals surface area (Å²) in [6.07, 6.45) is 3.59. The molecule has 138 valence electrons. The number of nitrogens with two attached hydrogens (primary N) is 2. The number of aromatic nitrogens is 1. The normalized spacial score (nSPS) is 10.5. The summed E-state index contributed by atoms with van der Waals surface area (Å²) >= 11 is 1.25. The van der Waals surface area contributed by atoms with Gasteiger partial charge in [0.2, 0.25) is 0 Å². The lowest BCUT2D eigenvalue weighted by Crippen LogP contribution is -2.21. The first-order valence-corrected chi connectivity index (χ1v) is 9.03. The summed E-state index contributed by atoms with van der Waals surface area (Å²) in [6.45, 7) is 1.46. The number of nitrogens with one attached hydrogen (secondary N) is 2. The molecule has 0 fully saturated rings. The van der Waals surface area contributed by atoms with Gasteiger partial charge < -0.3 is 16.8 Å². The zero-order chi connectivity index (χ0) is 19.2. The Morgan fingerprint density at radius 1 is 1.04 bits per heavy atom. The molecule has 0 unspecified atom stereocenters. The number of amides is 3. The van der Waals surface area contributed by atoms with Crippen molar-refractivity contribution in [2.75, 3.05) is 5.32 Å². The molecule has 0 radical (unpaired) electrons. The molecule has 7 nitrogen and oxygen atoms in total. The number of rotatable bonds is 7. The van der Waals surface area contributed by atoms with Crippen LogP contribution in [0.3, 0.4) is 0 Å². The molecule has 0 spiro atoms. The van der Waals surface area contributed by atoms with Crippen molar-refractivity contribution in [3.05, 3.63) is 71.5 Å². The highest BCUT2D eigenvalue weighted by Gasteiger charge is 2.16. The van der Waals surface area contributed by atoms with Crippen LogP contribution in [0.5, 0.6) is 0 Å². The molecule has 8 heteroatoms. The highest BCUT2D eigenvalue weighted by molar-refractivity contribution is 7.20. The van der Waals surface area contributed by atoms with Crippen LogP contribution in [0.25, 0.3) is 10.4 Å². The third kappa shape index (κ3) is 4.90. The topological polar surface area (TPSA) is 123 Å². The fourth-order valence-corrected chi connectivity index (χ4v) is 3.63. The first-order valence-electron chi connectivity index (χ1n) is 8.22. The maximum atomic E-state index is 11.6. The summed E-state index contributed by atoms with van der Waals surface area (Å²) < 4.78 is 0. The smallest absolute Gasteiger partial charge is 0.317 e. The van der Waals surface area contributed by atoms with E-state index in [-0.39, 0.29) is 5.56 Å². The van der Waals surface area contributed by atoms with E-state index in [1.54, 1.807) is 12.3 Å². The molecule has 3 rings (SSSR count). The van der Waals surface area contributed by atoms with Crippen molar-refractivity contribution < 1.29 is 9.59 Å². The molecule has 6 N–H and O–H groups in total. The Morgan fingerprint density at radius 2 is 1.78 bits per heavy atom. The third-order valence-electron chi connectivity index (χ3n) is 3.85. The average Bonchev–Trinajstić information content (AvgIpc) is 3.06. The van der Waals surface area contributed by atoms with Gasteiger partial charge in [-0.3, -0.25) is 15.1 Å². The van der Waals surface area contributed by atoms with E-state index in [1.807, 2.05) is 42.6 Å². The largest absolute Gasteiger partial charge is 0.366 e. The number of pyridine rings is 1. The van der Waals surface area contributed by atoms with Crippen molar-refractivity contribution in [3.63, 3.8) is 0 Å². The fraction of sp³-hybridized carbons (Fsp3) is 0.105. The Bertz CT molecular complexity index is 938. The van der Waals surface area contributed by atoms with Gasteiger partial charge in [-0.1, -0.05) is 30.3 Å². The number of primary amides is 2. The minimum atomic E-state index is -0.735. The summed E-state index contributed by atoms with van der Waals surface area (Å²) in [4.78, 5) is 27.6. The van der Waals surface area contributed by atoms with Crippen LogP contribution in [0.2, 0.25) is 0 Å². The second kappa shape index (κ2) is 8.43. The van der Waals surface area contributed by atoms with Gasteiger partial charge in [-0.25, -0.2) is 4.79 Å². The molecule has 0 saturated carbocycles. The number of nitrogens with zero attached hydrogens (tertiary/aromatic N) is 1. The first-order chi connectivity index (χ1) is 13.0. The van der Waals surface area contributed by atoms with Crippen molar-refractivity contribution in [1.82, 2.24) is 10.3 Å². The third-order valence-corrected chi connectivity index (χ3v) is 4.95. The van der Waals surface area contributed by atoms with E-state index in [0.29, 0.717) is 5.00 Å². The van der Waals surface area contributed by atoms with Gasteiger partial charge in [0.05, 0.1) is 5.56 Å². The molecule has 0 bridgehead atoms. The van der Waals surface area contributed by atoms with Gasteiger partial charge >= 0.3 is 6.03 Å². The van der Waals surface area contributed by atoms with E-state index in [0.717, 1.165) is 34.7 Å². The Hall–Kier alpha value is -3.23. The Balaban J connectivity index is 1.68. The molecule has 3 amide bonds. The molecule has 0 aliphatic heterocycles. The van der Waals surface area contributed by atoms with E-state index in [2.05, 4.69) is 15.6 Å². The SMILES string of the molecule is NC(=O)Nc1sc(-c2ccc(CNCc3cccnc3)cc2)cc1C(N)=O. The maximum absolute atomic E-state index is 11.6. The van der Waals surface area contributed by atoms with Gasteiger partial charge in [0, 0.05) is 30.4 Å². The minimum Gasteiger partial charge on any atom is -0.366 e. The number of urea groups is 1. The molecule has 0 aliphatic carbocycles. The van der Waals surface area contributed by atoms with E-state index >= 15 is 0 Å². The highest BCUT2D eigenvalue weighted by atomic mass is 32.1. The van der Waals surface area contributed by atoms with E-state index in [9.17, 15) is 9.59 Å². The van der Waals surface area contributed by atoms with Crippen LogP contribution in [0.1, 0.15) is 21.5 Å². The van der Waals surface area contributed by atoms with Gasteiger partial charge in [0.25, 0.3) is 5.91 Å². The quantitative estimate of drug-likeness (QED) is 0.502. The molecular formula is C19H19N5O2S. The molecule has 2 aromatic heterocycles. The fourth-order valence-electron chi connectivity index (χ4n) is 2.56. The Kier molecular flexibility index (Phi) is 5.80. The van der Waals surface area contributed by atoms with Crippen molar-refractivity contribution in [2.24, 2.45) is 11.5 Å². The van der Waals surface area contributed by atoms with E-state index < -0.39 is 11.9 Å². The molecule has 3 aromatic rings. The van der Waals surface area contributed by atoms with Gasteiger partial charge in [-0.15, -0.1) is 11.3 Å². The zero-order valence-electron chi connectivity index (χ0n) is 14.4. The predicted octanol–water partition coefficient (Wildman–Crippen LogP) is 2.69. The second-order valence-corrected chi connectivity index (χ2v) is 6.92. The van der Waals surface area contributed by atoms with Crippen LogP contribution in [-0.4, -0.2) is 16.9 Å². The Morgan fingerprint density at radius 3 is 2.41 bits per heavy atom. The average molecular weight is 381 g/mol. The molecule has 2 heterocycles. The van der Waals surface area contributed by atoms with E-state index in [1.165, 1.54) is 11.3 Å². The van der Waals surface area contributed by atoms with Gasteiger partial charge in [-0.05, 0) is 28.8 Å². The lowest BCUT2D eigenvalue weighted by Gasteiger charge is -2.06. The minimum absolute atomic E-state index is 0.246. The van der Waals surface area contributed by atoms with Crippen molar-refractivity contribution in [3.8, 4) is 10.4 Å². The maximum Gasteiger partial charge on any atom is 0.317 e. The summed E-state index contributed by atoms with van der Waals surface area (Å²) in [5.41, 5.74) is 13.9. The number of carbonyl (C=O) groups excluding carboxylic acids is 2. The number of benzene rings is 1. The summed E-state index contributed by atoms with van der Waals surface area (Å²) in [5.74, 6) is -0.613.